The van der Waals surface area contributed by atoms with E-state index in [1.165, 1.54) is 0 Å². The molecule has 3 nitrogen and oxygen atoms in total. The van der Waals surface area contributed by atoms with Gasteiger partial charge in [-0.15, -0.1) is 0 Å². The minimum atomic E-state index is 0.324. The van der Waals surface area contributed by atoms with Gasteiger partial charge in [0.05, 0.1) is 6.04 Å². The van der Waals surface area contributed by atoms with Crippen molar-refractivity contribution in [3.8, 4) is 0 Å². The Morgan fingerprint density at radius 2 is 2.33 bits per heavy atom. The topological polar surface area (TPSA) is 37.2 Å². The summed E-state index contributed by atoms with van der Waals surface area (Å²) >= 11 is 3.28. The van der Waals surface area contributed by atoms with Crippen LogP contribution in [-0.4, -0.2) is 19.6 Å². The molecule has 1 aliphatic heterocycles. The fourth-order valence-corrected chi connectivity index (χ4v) is 1.69. The predicted octanol–water partition coefficient (Wildman–Crippen LogP) is 1.28. The van der Waals surface area contributed by atoms with Gasteiger partial charge >= 0.3 is 0 Å². The summed E-state index contributed by atoms with van der Waals surface area (Å²) < 4.78 is 6.23. The van der Waals surface area contributed by atoms with E-state index in [9.17, 15) is 0 Å². The highest BCUT2D eigenvalue weighted by Gasteiger charge is 2.16. The van der Waals surface area contributed by atoms with Crippen molar-refractivity contribution in [3.63, 3.8) is 0 Å². The monoisotopic (exact) mass is 230 g/mol. The second kappa shape index (κ2) is 3.60. The van der Waals surface area contributed by atoms with Crippen LogP contribution in [0.3, 0.4) is 0 Å². The predicted molar refractivity (Wildman–Crippen MR) is 50.0 cm³/mol. The molecule has 0 unspecified atom stereocenters. The molecule has 1 atom stereocenters. The lowest BCUT2D eigenvalue weighted by Crippen LogP contribution is -2.42. The van der Waals surface area contributed by atoms with Crippen LogP contribution in [0.4, 0.5) is 0 Å². The summed E-state index contributed by atoms with van der Waals surface area (Å²) in [5.41, 5.74) is 0. The van der Waals surface area contributed by atoms with E-state index in [0.717, 1.165) is 30.1 Å². The van der Waals surface area contributed by atoms with E-state index < -0.39 is 0 Å². The average molecular weight is 231 g/mol. The van der Waals surface area contributed by atoms with Crippen LogP contribution in [0, 0.1) is 0 Å². The van der Waals surface area contributed by atoms with Gasteiger partial charge in [-0.1, -0.05) is 0 Å². The molecule has 0 aromatic carbocycles. The van der Waals surface area contributed by atoms with Crippen molar-refractivity contribution >= 4 is 15.9 Å². The molecule has 1 aliphatic rings. The largest absolute Gasteiger partial charge is 0.453 e. The fourth-order valence-electron chi connectivity index (χ4n) is 1.37. The quantitative estimate of drug-likeness (QED) is 0.764. The van der Waals surface area contributed by atoms with Gasteiger partial charge in [0, 0.05) is 19.6 Å². The van der Waals surface area contributed by atoms with Crippen LogP contribution >= 0.6 is 15.9 Å². The van der Waals surface area contributed by atoms with Crippen LogP contribution < -0.4 is 10.6 Å². The Labute approximate surface area is 79.6 Å². The zero-order valence-corrected chi connectivity index (χ0v) is 8.23. The third kappa shape index (κ3) is 1.71. The second-order valence-corrected chi connectivity index (χ2v) is 3.63. The molecule has 0 saturated carbocycles. The van der Waals surface area contributed by atoms with Gasteiger partial charge in [-0.3, -0.25) is 0 Å². The van der Waals surface area contributed by atoms with E-state index in [2.05, 4.69) is 26.6 Å². The minimum Gasteiger partial charge on any atom is -0.453 e. The molecule has 1 saturated heterocycles. The summed E-state index contributed by atoms with van der Waals surface area (Å²) in [6, 6.07) is 4.24. The molecule has 0 amide bonds. The van der Waals surface area contributed by atoms with Crippen molar-refractivity contribution in [2.45, 2.75) is 6.04 Å². The van der Waals surface area contributed by atoms with Gasteiger partial charge in [0.25, 0.3) is 0 Å². The van der Waals surface area contributed by atoms with E-state index in [-0.39, 0.29) is 0 Å². The average Bonchev–Trinajstić information content (AvgIpc) is 2.54. The SMILES string of the molecule is Brc1ccc([C@@H]2CNCCN2)o1. The lowest BCUT2D eigenvalue weighted by molar-refractivity contribution is 0.357. The van der Waals surface area contributed by atoms with Crippen LogP contribution in [0.15, 0.2) is 21.2 Å². The molecular weight excluding hydrogens is 220 g/mol. The molecule has 2 heterocycles. The maximum absolute atomic E-state index is 5.44. The maximum Gasteiger partial charge on any atom is 0.169 e. The first-order chi connectivity index (χ1) is 5.86. The van der Waals surface area contributed by atoms with Crippen molar-refractivity contribution in [2.75, 3.05) is 19.6 Å². The first-order valence-corrected chi connectivity index (χ1v) is 4.85. The highest BCUT2D eigenvalue weighted by atomic mass is 79.9. The van der Waals surface area contributed by atoms with Gasteiger partial charge < -0.3 is 15.1 Å². The van der Waals surface area contributed by atoms with Crippen molar-refractivity contribution in [1.29, 1.82) is 0 Å². The molecule has 1 fully saturated rings. The van der Waals surface area contributed by atoms with Gasteiger partial charge in [0.15, 0.2) is 4.67 Å². The molecule has 0 radical (unpaired) electrons. The van der Waals surface area contributed by atoms with Gasteiger partial charge in [-0.05, 0) is 28.1 Å². The van der Waals surface area contributed by atoms with Crippen LogP contribution in [0.2, 0.25) is 0 Å². The number of halogens is 1. The molecule has 0 spiro atoms. The number of hydrogen-bond donors (Lipinski definition) is 2. The fraction of sp³-hybridized carbons (Fsp3) is 0.500. The molecular formula is C8H11BrN2O. The molecule has 66 valence electrons. The van der Waals surface area contributed by atoms with Crippen molar-refractivity contribution < 1.29 is 4.42 Å². The Balaban J connectivity index is 2.08. The van der Waals surface area contributed by atoms with Gasteiger partial charge in [-0.2, -0.15) is 0 Å². The van der Waals surface area contributed by atoms with Crippen LogP contribution in [0.1, 0.15) is 11.8 Å². The van der Waals surface area contributed by atoms with E-state index >= 15 is 0 Å². The zero-order chi connectivity index (χ0) is 8.39. The molecule has 1 aromatic rings. The normalized spacial score (nSPS) is 24.2. The summed E-state index contributed by atoms with van der Waals surface area (Å²) in [6.45, 7) is 2.99. The molecule has 0 aliphatic carbocycles. The standard InChI is InChI=1S/C8H11BrN2O/c9-8-2-1-7(12-8)6-5-10-3-4-11-6/h1-2,6,10-11H,3-5H2/t6-/m0/s1. The highest BCUT2D eigenvalue weighted by molar-refractivity contribution is 9.10. The van der Waals surface area contributed by atoms with Gasteiger partial charge in [-0.25, -0.2) is 0 Å². The number of furan rings is 1. The van der Waals surface area contributed by atoms with E-state index in [1.54, 1.807) is 0 Å². The number of nitrogens with one attached hydrogen (secondary N) is 2. The van der Waals surface area contributed by atoms with Crippen LogP contribution in [-0.2, 0) is 0 Å². The number of hydrogen-bond acceptors (Lipinski definition) is 3. The molecule has 12 heavy (non-hydrogen) atoms. The maximum atomic E-state index is 5.44. The van der Waals surface area contributed by atoms with Gasteiger partial charge in [0.1, 0.15) is 5.76 Å². The lowest BCUT2D eigenvalue weighted by Gasteiger charge is -2.22. The minimum absolute atomic E-state index is 0.324. The van der Waals surface area contributed by atoms with Crippen molar-refractivity contribution in [1.82, 2.24) is 10.6 Å². The Bertz CT molecular complexity index is 255. The van der Waals surface area contributed by atoms with E-state index in [1.807, 2.05) is 12.1 Å². The first kappa shape index (κ1) is 8.29. The molecule has 0 bridgehead atoms. The molecule has 4 heteroatoms. The number of rotatable bonds is 1. The molecule has 2 N–H and O–H groups in total. The zero-order valence-electron chi connectivity index (χ0n) is 6.64. The summed E-state index contributed by atoms with van der Waals surface area (Å²) in [6.07, 6.45) is 0. The van der Waals surface area contributed by atoms with Crippen molar-refractivity contribution in [2.24, 2.45) is 0 Å². The Kier molecular flexibility index (Phi) is 2.48. The summed E-state index contributed by atoms with van der Waals surface area (Å²) in [4.78, 5) is 0. The molecule has 1 aromatic heterocycles. The van der Waals surface area contributed by atoms with Gasteiger partial charge in [0.2, 0.25) is 0 Å². The second-order valence-electron chi connectivity index (χ2n) is 2.85. The molecule has 2 rings (SSSR count). The van der Waals surface area contributed by atoms with E-state index in [4.69, 9.17) is 4.42 Å². The Morgan fingerprint density at radius 1 is 1.42 bits per heavy atom. The smallest absolute Gasteiger partial charge is 0.169 e. The third-order valence-electron chi connectivity index (χ3n) is 1.98. The Hall–Kier alpha value is -0.320. The highest BCUT2D eigenvalue weighted by Crippen LogP contribution is 2.20. The van der Waals surface area contributed by atoms with Crippen LogP contribution in [0.25, 0.3) is 0 Å². The van der Waals surface area contributed by atoms with Crippen LogP contribution in [0.5, 0.6) is 0 Å². The van der Waals surface area contributed by atoms with E-state index in [0.29, 0.717) is 6.04 Å². The lowest BCUT2D eigenvalue weighted by atomic mass is 10.2. The summed E-state index contributed by atoms with van der Waals surface area (Å²) in [5.74, 6) is 0.995. The summed E-state index contributed by atoms with van der Waals surface area (Å²) in [7, 11) is 0. The third-order valence-corrected chi connectivity index (χ3v) is 2.40. The van der Waals surface area contributed by atoms with Crippen molar-refractivity contribution in [3.05, 3.63) is 22.6 Å². The number of piperazine rings is 1. The summed E-state index contributed by atoms with van der Waals surface area (Å²) in [5, 5.41) is 6.68. The first-order valence-electron chi connectivity index (χ1n) is 4.05. The Morgan fingerprint density at radius 3 is 2.92 bits per heavy atom.